The second-order valence-corrected chi connectivity index (χ2v) is 5.03. The van der Waals surface area contributed by atoms with Crippen LogP contribution in [0.15, 0.2) is 24.3 Å². The number of nitrogens with two attached hydrogens (primary N) is 1. The molecule has 0 aliphatic heterocycles. The molecule has 1 aromatic rings. The zero-order valence-corrected chi connectivity index (χ0v) is 11.5. The molecule has 0 radical (unpaired) electrons. The predicted molar refractivity (Wildman–Crippen MR) is 71.0 cm³/mol. The van der Waals surface area contributed by atoms with E-state index in [1.165, 1.54) is 12.1 Å². The van der Waals surface area contributed by atoms with E-state index in [-0.39, 0.29) is 24.3 Å². The third-order valence-electron chi connectivity index (χ3n) is 3.05. The smallest absolute Gasteiger partial charge is 0.352 e. The van der Waals surface area contributed by atoms with Crippen LogP contribution in [0, 0.1) is 5.92 Å². The summed E-state index contributed by atoms with van der Waals surface area (Å²) in [5, 5.41) is 2.77. The molecule has 1 atom stereocenters. The van der Waals surface area contributed by atoms with Gasteiger partial charge in [-0.2, -0.15) is 13.2 Å². The van der Waals surface area contributed by atoms with Gasteiger partial charge in [0.15, 0.2) is 0 Å². The van der Waals surface area contributed by atoms with Gasteiger partial charge in [-0.15, -0.1) is 0 Å². The van der Waals surface area contributed by atoms with Crippen LogP contribution in [0.5, 0.6) is 0 Å². The highest BCUT2D eigenvalue weighted by atomic mass is 19.4. The lowest BCUT2D eigenvalue weighted by Gasteiger charge is -2.20. The van der Waals surface area contributed by atoms with Gasteiger partial charge >= 0.3 is 6.18 Å². The summed E-state index contributed by atoms with van der Waals surface area (Å²) in [5.41, 5.74) is 5.36. The van der Waals surface area contributed by atoms with E-state index in [4.69, 9.17) is 5.73 Å². The number of carbonyl (C=O) groups is 1. The molecule has 0 saturated heterocycles. The summed E-state index contributed by atoms with van der Waals surface area (Å²) in [7, 11) is 0. The van der Waals surface area contributed by atoms with Crippen molar-refractivity contribution in [3.05, 3.63) is 35.4 Å². The van der Waals surface area contributed by atoms with Crippen LogP contribution in [0.3, 0.4) is 0 Å². The van der Waals surface area contributed by atoms with E-state index in [1.807, 2.05) is 13.8 Å². The number of rotatable bonds is 5. The summed E-state index contributed by atoms with van der Waals surface area (Å²) < 4.78 is 37.2. The minimum absolute atomic E-state index is 0.0430. The van der Waals surface area contributed by atoms with Crippen LogP contribution in [0.2, 0.25) is 0 Å². The van der Waals surface area contributed by atoms with Gasteiger partial charge in [0.2, 0.25) is 5.91 Å². The molecule has 1 amide bonds. The van der Waals surface area contributed by atoms with Gasteiger partial charge in [0.1, 0.15) is 0 Å². The Morgan fingerprint density at radius 1 is 1.25 bits per heavy atom. The maximum absolute atomic E-state index is 12.4. The average Bonchev–Trinajstić information content (AvgIpc) is 2.35. The summed E-state index contributed by atoms with van der Waals surface area (Å²) in [5.74, 6) is -0.0366. The lowest BCUT2D eigenvalue weighted by molar-refractivity contribution is -0.137. The minimum atomic E-state index is -4.36. The number of hydrogen-bond acceptors (Lipinski definition) is 2. The molecule has 0 saturated carbocycles. The number of amides is 1. The molecule has 0 aliphatic carbocycles. The Hall–Kier alpha value is -1.56. The fourth-order valence-corrected chi connectivity index (χ4v) is 1.75. The molecule has 20 heavy (non-hydrogen) atoms. The Bertz CT molecular complexity index is 441. The van der Waals surface area contributed by atoms with Crippen LogP contribution in [0.25, 0.3) is 0 Å². The highest BCUT2D eigenvalue weighted by Crippen LogP contribution is 2.29. The van der Waals surface area contributed by atoms with Crippen molar-refractivity contribution in [3.63, 3.8) is 0 Å². The molecule has 0 bridgehead atoms. The maximum Gasteiger partial charge on any atom is 0.416 e. The van der Waals surface area contributed by atoms with Crippen molar-refractivity contribution in [1.29, 1.82) is 0 Å². The number of halogens is 3. The van der Waals surface area contributed by atoms with Crippen LogP contribution >= 0.6 is 0 Å². The highest BCUT2D eigenvalue weighted by Gasteiger charge is 2.30. The second-order valence-electron chi connectivity index (χ2n) is 5.03. The van der Waals surface area contributed by atoms with Crippen molar-refractivity contribution in [2.24, 2.45) is 11.7 Å². The Labute approximate surface area is 116 Å². The first-order chi connectivity index (χ1) is 9.24. The molecule has 0 aromatic heterocycles. The lowest BCUT2D eigenvalue weighted by atomic mass is 10.0. The standard InChI is InChI=1S/C14H19F3N2O/c1-9(2)12(8-18)19-13(20)7-10-3-5-11(6-4-10)14(15,16)17/h3-6,9,12H,7-8,18H2,1-2H3,(H,19,20). The molecule has 6 heteroatoms. The van der Waals surface area contributed by atoms with Crippen LogP contribution in [-0.2, 0) is 17.4 Å². The maximum atomic E-state index is 12.4. The molecule has 0 spiro atoms. The van der Waals surface area contributed by atoms with Gasteiger partial charge in [0.25, 0.3) is 0 Å². The molecule has 0 heterocycles. The van der Waals surface area contributed by atoms with Crippen molar-refractivity contribution in [1.82, 2.24) is 5.32 Å². The second kappa shape index (κ2) is 6.74. The van der Waals surface area contributed by atoms with E-state index in [9.17, 15) is 18.0 Å². The van der Waals surface area contributed by atoms with Gasteiger partial charge in [0, 0.05) is 12.6 Å². The molecule has 112 valence electrons. The Kier molecular flexibility index (Phi) is 5.56. The molecule has 1 rings (SSSR count). The summed E-state index contributed by atoms with van der Waals surface area (Å²) in [6.07, 6.45) is -4.32. The molecular formula is C14H19F3N2O. The molecule has 3 nitrogen and oxygen atoms in total. The molecule has 1 unspecified atom stereocenters. The average molecular weight is 288 g/mol. The zero-order chi connectivity index (χ0) is 15.3. The van der Waals surface area contributed by atoms with Crippen LogP contribution in [-0.4, -0.2) is 18.5 Å². The molecule has 0 aliphatic rings. The van der Waals surface area contributed by atoms with Gasteiger partial charge in [-0.3, -0.25) is 4.79 Å². The van der Waals surface area contributed by atoms with Crippen molar-refractivity contribution < 1.29 is 18.0 Å². The first-order valence-electron chi connectivity index (χ1n) is 6.39. The fourth-order valence-electron chi connectivity index (χ4n) is 1.75. The Morgan fingerprint density at radius 3 is 2.20 bits per heavy atom. The van der Waals surface area contributed by atoms with Gasteiger partial charge in [0.05, 0.1) is 12.0 Å². The van der Waals surface area contributed by atoms with E-state index in [0.29, 0.717) is 12.1 Å². The van der Waals surface area contributed by atoms with Crippen LogP contribution in [0.1, 0.15) is 25.0 Å². The van der Waals surface area contributed by atoms with E-state index in [1.54, 1.807) is 0 Å². The predicted octanol–water partition coefficient (Wildman–Crippen LogP) is 2.35. The topological polar surface area (TPSA) is 55.1 Å². The van der Waals surface area contributed by atoms with Crippen molar-refractivity contribution in [3.8, 4) is 0 Å². The Balaban J connectivity index is 2.63. The van der Waals surface area contributed by atoms with Crippen LogP contribution in [0.4, 0.5) is 13.2 Å². The van der Waals surface area contributed by atoms with E-state index in [0.717, 1.165) is 12.1 Å². The van der Waals surface area contributed by atoms with Gasteiger partial charge < -0.3 is 11.1 Å². The molecule has 0 fully saturated rings. The van der Waals surface area contributed by atoms with E-state index in [2.05, 4.69) is 5.32 Å². The van der Waals surface area contributed by atoms with Gasteiger partial charge in [-0.25, -0.2) is 0 Å². The summed E-state index contributed by atoms with van der Waals surface area (Å²) in [6.45, 7) is 4.21. The first-order valence-corrected chi connectivity index (χ1v) is 6.39. The molecular weight excluding hydrogens is 269 g/mol. The van der Waals surface area contributed by atoms with Crippen molar-refractivity contribution in [2.45, 2.75) is 32.5 Å². The highest BCUT2D eigenvalue weighted by molar-refractivity contribution is 5.78. The monoisotopic (exact) mass is 288 g/mol. The van der Waals surface area contributed by atoms with Crippen molar-refractivity contribution >= 4 is 5.91 Å². The quantitative estimate of drug-likeness (QED) is 0.874. The number of benzene rings is 1. The normalized spacial score (nSPS) is 13.3. The largest absolute Gasteiger partial charge is 0.416 e. The number of nitrogens with one attached hydrogen (secondary N) is 1. The number of carbonyl (C=O) groups excluding carboxylic acids is 1. The molecule has 1 aromatic carbocycles. The summed E-state index contributed by atoms with van der Waals surface area (Å²) in [4.78, 5) is 11.8. The fraction of sp³-hybridized carbons (Fsp3) is 0.500. The first kappa shape index (κ1) is 16.5. The van der Waals surface area contributed by atoms with E-state index >= 15 is 0 Å². The number of hydrogen-bond donors (Lipinski definition) is 2. The van der Waals surface area contributed by atoms with Crippen molar-refractivity contribution in [2.75, 3.05) is 6.54 Å². The third-order valence-corrected chi connectivity index (χ3v) is 3.05. The minimum Gasteiger partial charge on any atom is -0.352 e. The van der Waals surface area contributed by atoms with Gasteiger partial charge in [-0.1, -0.05) is 26.0 Å². The summed E-state index contributed by atoms with van der Waals surface area (Å²) in [6, 6.07) is 4.46. The Morgan fingerprint density at radius 2 is 1.80 bits per heavy atom. The summed E-state index contributed by atoms with van der Waals surface area (Å²) >= 11 is 0. The zero-order valence-electron chi connectivity index (χ0n) is 11.5. The number of alkyl halides is 3. The SMILES string of the molecule is CC(C)C(CN)NC(=O)Cc1ccc(C(F)(F)F)cc1. The lowest BCUT2D eigenvalue weighted by Crippen LogP contribution is -2.44. The van der Waals surface area contributed by atoms with Crippen LogP contribution < -0.4 is 11.1 Å². The molecule has 3 N–H and O–H groups in total. The van der Waals surface area contributed by atoms with E-state index < -0.39 is 11.7 Å². The third kappa shape index (κ3) is 4.85. The van der Waals surface area contributed by atoms with Gasteiger partial charge in [-0.05, 0) is 23.6 Å².